The van der Waals surface area contributed by atoms with Crippen LogP contribution in [0.25, 0.3) is 0 Å². The van der Waals surface area contributed by atoms with Gasteiger partial charge in [0.15, 0.2) is 5.96 Å². The summed E-state index contributed by atoms with van der Waals surface area (Å²) in [4.78, 5) is 7.08. The van der Waals surface area contributed by atoms with Crippen molar-refractivity contribution in [3.8, 4) is 5.75 Å². The minimum absolute atomic E-state index is 0. The van der Waals surface area contributed by atoms with Crippen molar-refractivity contribution in [2.45, 2.75) is 64.1 Å². The first kappa shape index (κ1) is 24.6. The van der Waals surface area contributed by atoms with Crippen LogP contribution < -0.4 is 15.4 Å². The number of rotatable bonds is 11. The molecule has 1 aromatic carbocycles. The van der Waals surface area contributed by atoms with Gasteiger partial charge in [0.2, 0.25) is 0 Å². The molecule has 2 saturated carbocycles. The van der Waals surface area contributed by atoms with Crippen LogP contribution in [0.1, 0.15) is 49.7 Å². The van der Waals surface area contributed by atoms with Crippen molar-refractivity contribution in [3.05, 3.63) is 29.3 Å². The molecule has 1 aromatic rings. The second-order valence-electron chi connectivity index (χ2n) is 9.08. The fourth-order valence-corrected chi connectivity index (χ4v) is 4.11. The van der Waals surface area contributed by atoms with Crippen LogP contribution in [-0.4, -0.2) is 62.9 Å². The Kier molecular flexibility index (Phi) is 9.72. The summed E-state index contributed by atoms with van der Waals surface area (Å²) in [7, 11) is 1.84. The molecule has 1 atom stereocenters. The lowest BCUT2D eigenvalue weighted by Gasteiger charge is -2.22. The molecule has 1 saturated heterocycles. The normalized spacial score (nSPS) is 21.1. The van der Waals surface area contributed by atoms with E-state index in [0.717, 1.165) is 61.8 Å². The van der Waals surface area contributed by atoms with Gasteiger partial charge in [0.05, 0.1) is 6.10 Å². The molecule has 31 heavy (non-hydrogen) atoms. The largest absolute Gasteiger partial charge is 0.491 e. The summed E-state index contributed by atoms with van der Waals surface area (Å²) in [6.07, 6.45) is 8.06. The van der Waals surface area contributed by atoms with Gasteiger partial charge in [-0.15, -0.1) is 24.0 Å². The number of hydrogen-bond donors (Lipinski definition) is 2. The topological polar surface area (TPSA) is 58.1 Å². The Morgan fingerprint density at radius 2 is 2.03 bits per heavy atom. The van der Waals surface area contributed by atoms with Gasteiger partial charge >= 0.3 is 0 Å². The Hall–Kier alpha value is -1.06. The first-order valence-corrected chi connectivity index (χ1v) is 11.7. The van der Waals surface area contributed by atoms with E-state index >= 15 is 0 Å². The van der Waals surface area contributed by atoms with E-state index in [0.29, 0.717) is 13.2 Å². The second-order valence-corrected chi connectivity index (χ2v) is 9.08. The zero-order valence-corrected chi connectivity index (χ0v) is 21.4. The van der Waals surface area contributed by atoms with Crippen molar-refractivity contribution < 1.29 is 9.47 Å². The predicted molar refractivity (Wildman–Crippen MR) is 137 cm³/mol. The van der Waals surface area contributed by atoms with E-state index in [1.807, 2.05) is 7.05 Å². The molecule has 0 aromatic heterocycles. The van der Waals surface area contributed by atoms with Crippen LogP contribution in [0.15, 0.2) is 23.2 Å². The van der Waals surface area contributed by atoms with Gasteiger partial charge < -0.3 is 20.1 Å². The Labute approximate surface area is 204 Å². The standard InChI is InChI=1S/C24H38N4O2.HI/c1-18-5-8-20(23(14-18)30-17-22-4-3-13-29-22)15-27-24(25-2)26-11-12-28(21-9-10-21)16-19-6-7-19;/h5,8,14,19,21-22H,3-4,6-7,9-13,15-17H2,1-2H3,(H2,25,26,27);1H. The molecule has 0 bridgehead atoms. The lowest BCUT2D eigenvalue weighted by Crippen LogP contribution is -2.42. The van der Waals surface area contributed by atoms with Gasteiger partial charge in [-0.2, -0.15) is 0 Å². The number of benzene rings is 1. The maximum Gasteiger partial charge on any atom is 0.191 e. The van der Waals surface area contributed by atoms with E-state index in [2.05, 4.69) is 45.6 Å². The summed E-state index contributed by atoms with van der Waals surface area (Å²) in [5.74, 6) is 2.75. The Morgan fingerprint density at radius 3 is 2.71 bits per heavy atom. The Morgan fingerprint density at radius 1 is 1.19 bits per heavy atom. The third-order valence-corrected chi connectivity index (χ3v) is 6.29. The van der Waals surface area contributed by atoms with Gasteiger partial charge in [0.1, 0.15) is 12.4 Å². The first-order valence-electron chi connectivity index (χ1n) is 11.7. The Bertz CT molecular complexity index is 716. The molecule has 3 fully saturated rings. The average Bonchev–Trinajstić information content (AvgIpc) is 3.68. The highest BCUT2D eigenvalue weighted by molar-refractivity contribution is 14.0. The molecule has 3 aliphatic rings. The van der Waals surface area contributed by atoms with Gasteiger partial charge in [0, 0.05) is 51.4 Å². The second kappa shape index (κ2) is 12.3. The maximum absolute atomic E-state index is 6.12. The summed E-state index contributed by atoms with van der Waals surface area (Å²) < 4.78 is 11.8. The molecular formula is C24H39IN4O2. The number of nitrogens with zero attached hydrogens (tertiary/aromatic N) is 2. The minimum Gasteiger partial charge on any atom is -0.491 e. The molecule has 0 amide bonds. The van der Waals surface area contributed by atoms with E-state index in [-0.39, 0.29) is 30.1 Å². The van der Waals surface area contributed by atoms with Crippen molar-refractivity contribution in [2.24, 2.45) is 10.9 Å². The van der Waals surface area contributed by atoms with Crippen LogP contribution in [-0.2, 0) is 11.3 Å². The quantitative estimate of drug-likeness (QED) is 0.254. The molecule has 1 unspecified atom stereocenters. The molecule has 4 rings (SSSR count). The summed E-state index contributed by atoms with van der Waals surface area (Å²) in [5, 5.41) is 6.94. The minimum atomic E-state index is 0. The summed E-state index contributed by atoms with van der Waals surface area (Å²) >= 11 is 0. The number of aryl methyl sites for hydroxylation is 1. The van der Waals surface area contributed by atoms with Crippen LogP contribution in [0.5, 0.6) is 5.75 Å². The first-order chi connectivity index (χ1) is 14.7. The molecule has 7 heteroatoms. The van der Waals surface area contributed by atoms with Gasteiger partial charge in [-0.3, -0.25) is 9.89 Å². The number of guanidine groups is 1. The fourth-order valence-electron chi connectivity index (χ4n) is 4.11. The van der Waals surface area contributed by atoms with Gasteiger partial charge in [-0.1, -0.05) is 12.1 Å². The van der Waals surface area contributed by atoms with Gasteiger partial charge in [0.25, 0.3) is 0 Å². The molecule has 0 spiro atoms. The molecule has 174 valence electrons. The third-order valence-electron chi connectivity index (χ3n) is 6.29. The number of halogens is 1. The molecule has 1 heterocycles. The molecule has 6 nitrogen and oxygen atoms in total. The van der Waals surface area contributed by atoms with Gasteiger partial charge in [-0.25, -0.2) is 0 Å². The van der Waals surface area contributed by atoms with E-state index in [1.165, 1.54) is 37.8 Å². The number of hydrogen-bond acceptors (Lipinski definition) is 4. The monoisotopic (exact) mass is 542 g/mol. The Balaban J connectivity index is 0.00000272. The van der Waals surface area contributed by atoms with Crippen molar-refractivity contribution >= 4 is 29.9 Å². The summed E-state index contributed by atoms with van der Waals surface area (Å²) in [6.45, 7) is 7.59. The number of nitrogens with one attached hydrogen (secondary N) is 2. The number of ether oxygens (including phenoxy) is 2. The lowest BCUT2D eigenvalue weighted by atomic mass is 10.1. The molecule has 2 N–H and O–H groups in total. The predicted octanol–water partition coefficient (Wildman–Crippen LogP) is 3.71. The SMILES string of the molecule is CN=C(NCCN(CC1CC1)C1CC1)NCc1ccc(C)cc1OCC1CCCO1.I. The molecule has 1 aliphatic heterocycles. The smallest absolute Gasteiger partial charge is 0.191 e. The van der Waals surface area contributed by atoms with E-state index in [4.69, 9.17) is 9.47 Å². The van der Waals surface area contributed by atoms with Crippen molar-refractivity contribution in [1.29, 1.82) is 0 Å². The molecule has 0 radical (unpaired) electrons. The average molecular weight is 543 g/mol. The fraction of sp³-hybridized carbons (Fsp3) is 0.708. The molecule has 2 aliphatic carbocycles. The van der Waals surface area contributed by atoms with Crippen LogP contribution in [0.3, 0.4) is 0 Å². The highest BCUT2D eigenvalue weighted by Crippen LogP contribution is 2.34. The van der Waals surface area contributed by atoms with Crippen molar-refractivity contribution in [3.63, 3.8) is 0 Å². The molecular weight excluding hydrogens is 503 g/mol. The lowest BCUT2D eigenvalue weighted by molar-refractivity contribution is 0.0676. The summed E-state index contributed by atoms with van der Waals surface area (Å²) in [5.41, 5.74) is 2.36. The van der Waals surface area contributed by atoms with Gasteiger partial charge in [-0.05, 0) is 63.0 Å². The zero-order valence-electron chi connectivity index (χ0n) is 19.1. The van der Waals surface area contributed by atoms with Crippen LogP contribution in [0, 0.1) is 12.8 Å². The highest BCUT2D eigenvalue weighted by Gasteiger charge is 2.33. The van der Waals surface area contributed by atoms with Crippen molar-refractivity contribution in [1.82, 2.24) is 15.5 Å². The van der Waals surface area contributed by atoms with Crippen molar-refractivity contribution in [2.75, 3.05) is 39.9 Å². The van der Waals surface area contributed by atoms with Crippen LogP contribution in [0.2, 0.25) is 0 Å². The maximum atomic E-state index is 6.12. The van der Waals surface area contributed by atoms with E-state index in [9.17, 15) is 0 Å². The van der Waals surface area contributed by atoms with E-state index < -0.39 is 0 Å². The number of aliphatic imine (C=N–C) groups is 1. The highest BCUT2D eigenvalue weighted by atomic mass is 127. The van der Waals surface area contributed by atoms with Crippen LogP contribution in [0.4, 0.5) is 0 Å². The summed E-state index contributed by atoms with van der Waals surface area (Å²) in [6, 6.07) is 7.23. The van der Waals surface area contributed by atoms with E-state index in [1.54, 1.807) is 0 Å². The zero-order chi connectivity index (χ0) is 20.8. The van der Waals surface area contributed by atoms with Crippen LogP contribution >= 0.6 is 24.0 Å². The third kappa shape index (κ3) is 8.09.